The van der Waals surface area contributed by atoms with E-state index in [4.69, 9.17) is 0 Å². The predicted octanol–water partition coefficient (Wildman–Crippen LogP) is 7.69. The second kappa shape index (κ2) is 7.23. The van der Waals surface area contributed by atoms with Crippen molar-refractivity contribution in [3.63, 3.8) is 0 Å². The van der Waals surface area contributed by atoms with Crippen molar-refractivity contribution in [2.45, 2.75) is 50.4 Å². The molecule has 0 fully saturated rings. The van der Waals surface area contributed by atoms with E-state index in [2.05, 4.69) is 83.8 Å². The standard InChI is InChI=1S/C26H27N/c1-3-11-22(12-4-1)27(23-13-5-2-6-14-23)24-17-18-25-20-9-7-8-10-21(16-15-20)26(25)19-24/h1-6,11-14,17-21H,7-10,15-16H2. The van der Waals surface area contributed by atoms with Crippen LogP contribution in [0.4, 0.5) is 17.1 Å². The highest BCUT2D eigenvalue weighted by atomic mass is 15.1. The second-order valence-electron chi connectivity index (χ2n) is 8.08. The van der Waals surface area contributed by atoms with Crippen LogP contribution in [0.3, 0.4) is 0 Å². The summed E-state index contributed by atoms with van der Waals surface area (Å²) in [5, 5.41) is 0. The van der Waals surface area contributed by atoms with Crippen LogP contribution < -0.4 is 4.90 Å². The van der Waals surface area contributed by atoms with Crippen LogP contribution in [-0.2, 0) is 0 Å². The molecule has 2 unspecified atom stereocenters. The lowest BCUT2D eigenvalue weighted by Crippen LogP contribution is -2.19. The number of anilines is 3. The van der Waals surface area contributed by atoms with E-state index in [1.54, 1.807) is 11.1 Å². The molecule has 0 aromatic heterocycles. The molecule has 1 heteroatoms. The minimum atomic E-state index is 0.755. The van der Waals surface area contributed by atoms with Gasteiger partial charge in [0, 0.05) is 17.1 Å². The number of hydrogen-bond acceptors (Lipinski definition) is 1. The van der Waals surface area contributed by atoms with Crippen LogP contribution in [0.2, 0.25) is 0 Å². The van der Waals surface area contributed by atoms with Gasteiger partial charge in [-0.2, -0.15) is 0 Å². The zero-order chi connectivity index (χ0) is 18.1. The molecule has 3 aromatic rings. The first-order chi connectivity index (χ1) is 13.4. The molecule has 136 valence electrons. The van der Waals surface area contributed by atoms with Crippen LogP contribution in [0, 0.1) is 0 Å². The van der Waals surface area contributed by atoms with E-state index in [1.807, 2.05) is 0 Å². The summed E-state index contributed by atoms with van der Waals surface area (Å²) in [5.41, 5.74) is 6.99. The van der Waals surface area contributed by atoms with Gasteiger partial charge in [-0.15, -0.1) is 0 Å². The fourth-order valence-electron chi connectivity index (χ4n) is 5.12. The summed E-state index contributed by atoms with van der Waals surface area (Å²) in [6.45, 7) is 0. The smallest absolute Gasteiger partial charge is 0.0464 e. The van der Waals surface area contributed by atoms with E-state index in [-0.39, 0.29) is 0 Å². The molecule has 2 aliphatic carbocycles. The summed E-state index contributed by atoms with van der Waals surface area (Å²) >= 11 is 0. The largest absolute Gasteiger partial charge is 0.310 e. The van der Waals surface area contributed by atoms with Crippen molar-refractivity contribution in [2.24, 2.45) is 0 Å². The maximum absolute atomic E-state index is 2.50. The molecule has 2 bridgehead atoms. The number of benzene rings is 3. The summed E-state index contributed by atoms with van der Waals surface area (Å²) in [6.07, 6.45) is 8.30. The van der Waals surface area contributed by atoms with Gasteiger partial charge in [-0.25, -0.2) is 0 Å². The van der Waals surface area contributed by atoms with Crippen molar-refractivity contribution < 1.29 is 0 Å². The molecule has 0 saturated heterocycles. The SMILES string of the molecule is c1ccc(N(c2ccccc2)c2ccc3c(c2)C2CCCCC3CC2)cc1. The van der Waals surface area contributed by atoms with Crippen molar-refractivity contribution in [2.75, 3.05) is 4.90 Å². The van der Waals surface area contributed by atoms with Crippen molar-refractivity contribution in [3.05, 3.63) is 90.0 Å². The van der Waals surface area contributed by atoms with Gasteiger partial charge >= 0.3 is 0 Å². The highest BCUT2D eigenvalue weighted by molar-refractivity contribution is 5.77. The van der Waals surface area contributed by atoms with Gasteiger partial charge in [0.05, 0.1) is 0 Å². The third-order valence-corrected chi connectivity index (χ3v) is 6.46. The molecule has 2 aliphatic rings. The number of nitrogens with zero attached hydrogens (tertiary/aromatic N) is 1. The summed E-state index contributed by atoms with van der Waals surface area (Å²) in [6, 6.07) is 28.8. The quantitative estimate of drug-likeness (QED) is 0.466. The maximum Gasteiger partial charge on any atom is 0.0464 e. The first-order valence-corrected chi connectivity index (χ1v) is 10.4. The molecule has 0 N–H and O–H groups in total. The summed E-state index contributed by atoms with van der Waals surface area (Å²) in [5.74, 6) is 1.54. The van der Waals surface area contributed by atoms with Crippen molar-refractivity contribution >= 4 is 17.1 Å². The number of hydrogen-bond donors (Lipinski definition) is 0. The first-order valence-electron chi connectivity index (χ1n) is 10.4. The summed E-state index contributed by atoms with van der Waals surface area (Å²) in [7, 11) is 0. The van der Waals surface area contributed by atoms with Crippen LogP contribution in [0.25, 0.3) is 0 Å². The normalized spacial score (nSPS) is 21.2. The Morgan fingerprint density at radius 2 is 1.07 bits per heavy atom. The Kier molecular flexibility index (Phi) is 4.45. The fraction of sp³-hybridized carbons (Fsp3) is 0.308. The molecule has 0 amide bonds. The topological polar surface area (TPSA) is 3.24 Å². The maximum atomic E-state index is 2.50. The molecule has 3 aromatic carbocycles. The number of para-hydroxylation sites is 2. The van der Waals surface area contributed by atoms with E-state index in [0.29, 0.717) is 0 Å². The molecular formula is C26H27N. The minimum Gasteiger partial charge on any atom is -0.310 e. The Labute approximate surface area is 162 Å². The van der Waals surface area contributed by atoms with E-state index in [1.165, 1.54) is 55.6 Å². The minimum absolute atomic E-state index is 0.755. The molecule has 0 aliphatic heterocycles. The Morgan fingerprint density at radius 3 is 1.67 bits per heavy atom. The van der Waals surface area contributed by atoms with Crippen molar-refractivity contribution in [1.29, 1.82) is 0 Å². The lowest BCUT2D eigenvalue weighted by Gasteiger charge is -2.36. The van der Waals surface area contributed by atoms with Crippen LogP contribution in [0.1, 0.15) is 61.5 Å². The third kappa shape index (κ3) is 3.16. The Balaban J connectivity index is 1.63. The number of rotatable bonds is 3. The van der Waals surface area contributed by atoms with Gasteiger partial charge in [-0.05, 0) is 85.0 Å². The predicted molar refractivity (Wildman–Crippen MR) is 114 cm³/mol. The van der Waals surface area contributed by atoms with Gasteiger partial charge in [0.2, 0.25) is 0 Å². The zero-order valence-corrected chi connectivity index (χ0v) is 15.9. The van der Waals surface area contributed by atoms with Gasteiger partial charge in [0.15, 0.2) is 0 Å². The van der Waals surface area contributed by atoms with Crippen LogP contribution in [0.5, 0.6) is 0 Å². The Bertz CT molecular complexity index is 861. The summed E-state index contributed by atoms with van der Waals surface area (Å²) in [4.78, 5) is 2.40. The summed E-state index contributed by atoms with van der Waals surface area (Å²) < 4.78 is 0. The average Bonchev–Trinajstić information content (AvgIpc) is 2.70. The highest BCUT2D eigenvalue weighted by Gasteiger charge is 2.29. The fourth-order valence-corrected chi connectivity index (χ4v) is 5.12. The van der Waals surface area contributed by atoms with Crippen LogP contribution >= 0.6 is 0 Å². The average molecular weight is 354 g/mol. The molecule has 5 rings (SSSR count). The van der Waals surface area contributed by atoms with Gasteiger partial charge in [-0.3, -0.25) is 0 Å². The molecule has 27 heavy (non-hydrogen) atoms. The zero-order valence-electron chi connectivity index (χ0n) is 15.9. The van der Waals surface area contributed by atoms with E-state index in [0.717, 1.165) is 11.8 Å². The van der Waals surface area contributed by atoms with Crippen LogP contribution in [0.15, 0.2) is 78.9 Å². The van der Waals surface area contributed by atoms with Gasteiger partial charge < -0.3 is 4.90 Å². The van der Waals surface area contributed by atoms with Gasteiger partial charge in [-0.1, -0.05) is 55.3 Å². The highest BCUT2D eigenvalue weighted by Crippen LogP contribution is 2.47. The van der Waals surface area contributed by atoms with Gasteiger partial charge in [0.1, 0.15) is 0 Å². The van der Waals surface area contributed by atoms with E-state index >= 15 is 0 Å². The van der Waals surface area contributed by atoms with Crippen LogP contribution in [-0.4, -0.2) is 0 Å². The lowest BCUT2D eigenvalue weighted by atomic mass is 9.71. The molecule has 0 radical (unpaired) electrons. The molecule has 2 atom stereocenters. The molecule has 0 spiro atoms. The van der Waals surface area contributed by atoms with E-state index in [9.17, 15) is 0 Å². The Morgan fingerprint density at radius 1 is 0.519 bits per heavy atom. The molecular weight excluding hydrogens is 326 g/mol. The molecule has 0 heterocycles. The van der Waals surface area contributed by atoms with E-state index < -0.39 is 0 Å². The monoisotopic (exact) mass is 353 g/mol. The van der Waals surface area contributed by atoms with Crippen molar-refractivity contribution in [1.82, 2.24) is 0 Å². The molecule has 0 saturated carbocycles. The van der Waals surface area contributed by atoms with Gasteiger partial charge in [0.25, 0.3) is 0 Å². The van der Waals surface area contributed by atoms with Crippen molar-refractivity contribution in [3.8, 4) is 0 Å². The lowest BCUT2D eigenvalue weighted by molar-refractivity contribution is 0.386. The second-order valence-corrected chi connectivity index (χ2v) is 8.08. The Hall–Kier alpha value is -2.54. The first kappa shape index (κ1) is 16.6. The third-order valence-electron chi connectivity index (χ3n) is 6.46. The molecule has 1 nitrogen and oxygen atoms in total.